The molecule has 11 nitrogen and oxygen atoms in total. The van der Waals surface area contributed by atoms with Crippen molar-refractivity contribution in [3.05, 3.63) is 35.9 Å². The van der Waals surface area contributed by atoms with Crippen LogP contribution >= 0.6 is 0 Å². The first-order valence-corrected chi connectivity index (χ1v) is 11.2. The summed E-state index contributed by atoms with van der Waals surface area (Å²) < 4.78 is 0. The molecular weight excluding hydrogens is 444 g/mol. The van der Waals surface area contributed by atoms with E-state index in [1.54, 1.807) is 44.2 Å². The summed E-state index contributed by atoms with van der Waals surface area (Å²) >= 11 is 0. The highest BCUT2D eigenvalue weighted by molar-refractivity contribution is 5.95. The monoisotopic (exact) mass is 476 g/mol. The topological polar surface area (TPSA) is 174 Å². The van der Waals surface area contributed by atoms with Gasteiger partial charge in [0.2, 0.25) is 17.7 Å². The van der Waals surface area contributed by atoms with Gasteiger partial charge in [0.05, 0.1) is 12.5 Å². The number of amides is 3. The van der Waals surface area contributed by atoms with Gasteiger partial charge in [0.15, 0.2) is 0 Å². The molecule has 0 aromatic heterocycles. The Kier molecular flexibility index (Phi) is 9.99. The fourth-order valence-electron chi connectivity index (χ4n) is 3.66. The first kappa shape index (κ1) is 26.8. The lowest BCUT2D eigenvalue weighted by Crippen LogP contribution is -2.59. The second-order valence-electron chi connectivity index (χ2n) is 8.63. The van der Waals surface area contributed by atoms with E-state index >= 15 is 0 Å². The third kappa shape index (κ3) is 8.14. The van der Waals surface area contributed by atoms with Crippen molar-refractivity contribution in [2.24, 2.45) is 5.92 Å². The summed E-state index contributed by atoms with van der Waals surface area (Å²) in [5.74, 6) is -4.91. The molecule has 1 fully saturated rings. The fraction of sp³-hybridized carbons (Fsp3) is 0.522. The van der Waals surface area contributed by atoms with Crippen molar-refractivity contribution < 1.29 is 34.2 Å². The fourth-order valence-corrected chi connectivity index (χ4v) is 3.66. The highest BCUT2D eigenvalue weighted by Crippen LogP contribution is 2.10. The number of carbonyl (C=O) groups is 5. The van der Waals surface area contributed by atoms with Crippen molar-refractivity contribution in [1.82, 2.24) is 21.3 Å². The van der Waals surface area contributed by atoms with Crippen LogP contribution in [0.3, 0.4) is 0 Å². The Labute approximate surface area is 197 Å². The second kappa shape index (κ2) is 12.7. The van der Waals surface area contributed by atoms with E-state index in [1.807, 2.05) is 0 Å². The Hall–Kier alpha value is -3.47. The molecule has 1 aromatic carbocycles. The smallest absolute Gasteiger partial charge is 0.326 e. The molecular formula is C23H32N4O7. The highest BCUT2D eigenvalue weighted by atomic mass is 16.4. The molecule has 4 unspecified atom stereocenters. The maximum atomic E-state index is 13.1. The van der Waals surface area contributed by atoms with E-state index in [0.717, 1.165) is 13.0 Å². The van der Waals surface area contributed by atoms with Gasteiger partial charge in [-0.25, -0.2) is 4.79 Å². The summed E-state index contributed by atoms with van der Waals surface area (Å²) in [5.41, 5.74) is 0.702. The van der Waals surface area contributed by atoms with E-state index in [9.17, 15) is 29.1 Å². The maximum Gasteiger partial charge on any atom is 0.326 e. The molecule has 1 heterocycles. The predicted octanol–water partition coefficient (Wildman–Crippen LogP) is -0.349. The van der Waals surface area contributed by atoms with Gasteiger partial charge in [0.1, 0.15) is 18.1 Å². The molecule has 0 spiro atoms. The molecule has 0 aliphatic carbocycles. The molecule has 4 atom stereocenters. The Bertz CT molecular complexity index is 885. The number of rotatable bonds is 12. The normalized spacial score (nSPS) is 17.9. The first-order valence-electron chi connectivity index (χ1n) is 11.2. The highest BCUT2D eigenvalue weighted by Gasteiger charge is 2.33. The molecule has 2 rings (SSSR count). The van der Waals surface area contributed by atoms with Crippen molar-refractivity contribution in [2.75, 3.05) is 6.54 Å². The molecule has 1 saturated heterocycles. The lowest BCUT2D eigenvalue weighted by Gasteiger charge is -2.27. The number of aliphatic carboxylic acids is 2. The van der Waals surface area contributed by atoms with Gasteiger partial charge < -0.3 is 31.5 Å². The molecule has 6 N–H and O–H groups in total. The zero-order chi connectivity index (χ0) is 25.3. The lowest BCUT2D eigenvalue weighted by molar-refractivity contribution is -0.147. The van der Waals surface area contributed by atoms with Crippen molar-refractivity contribution in [3.8, 4) is 0 Å². The number of benzene rings is 1. The van der Waals surface area contributed by atoms with Crippen molar-refractivity contribution in [2.45, 2.75) is 63.7 Å². The zero-order valence-electron chi connectivity index (χ0n) is 19.2. The van der Waals surface area contributed by atoms with E-state index < -0.39 is 48.3 Å². The second-order valence-corrected chi connectivity index (χ2v) is 8.63. The van der Waals surface area contributed by atoms with Crippen LogP contribution in [0.1, 0.15) is 38.7 Å². The minimum Gasteiger partial charge on any atom is -0.481 e. The van der Waals surface area contributed by atoms with Gasteiger partial charge in [-0.2, -0.15) is 0 Å². The quantitative estimate of drug-likeness (QED) is 0.237. The summed E-state index contributed by atoms with van der Waals surface area (Å²) in [7, 11) is 0. The van der Waals surface area contributed by atoms with Crippen LogP contribution in [0, 0.1) is 5.92 Å². The van der Waals surface area contributed by atoms with E-state index in [1.165, 1.54) is 0 Å². The average Bonchev–Trinajstić information content (AvgIpc) is 3.31. The largest absolute Gasteiger partial charge is 0.481 e. The summed E-state index contributed by atoms with van der Waals surface area (Å²) in [6.07, 6.45) is 0.751. The van der Waals surface area contributed by atoms with Crippen LogP contribution in [0.4, 0.5) is 0 Å². The summed E-state index contributed by atoms with van der Waals surface area (Å²) in [6.45, 7) is 4.23. The maximum absolute atomic E-state index is 13.1. The standard InChI is InChI=1S/C23H32N4O7/c1-13(2)19(27-20(30)15-9-6-10-24-15)22(32)25-16(11-14-7-4-3-5-8-14)21(31)26-17(23(33)34)12-18(28)29/h3-5,7-8,13,15-17,19,24H,6,9-12H2,1-2H3,(H,25,32)(H,26,31)(H,27,30)(H,28,29)(H,33,34). The van der Waals surface area contributed by atoms with Crippen molar-refractivity contribution in [1.29, 1.82) is 0 Å². The molecule has 0 bridgehead atoms. The lowest BCUT2D eigenvalue weighted by atomic mass is 10.00. The van der Waals surface area contributed by atoms with Gasteiger partial charge in [-0.3, -0.25) is 19.2 Å². The van der Waals surface area contributed by atoms with Crippen LogP contribution in [0.2, 0.25) is 0 Å². The van der Waals surface area contributed by atoms with Gasteiger partial charge in [-0.15, -0.1) is 0 Å². The minimum absolute atomic E-state index is 0.0424. The van der Waals surface area contributed by atoms with Crippen LogP contribution < -0.4 is 21.3 Å². The summed E-state index contributed by atoms with van der Waals surface area (Å²) in [4.78, 5) is 60.9. The average molecular weight is 477 g/mol. The SMILES string of the molecule is CC(C)C(NC(=O)C1CCCN1)C(=O)NC(Cc1ccccc1)C(=O)NC(CC(=O)O)C(=O)O. The molecule has 0 saturated carbocycles. The van der Waals surface area contributed by atoms with Crippen LogP contribution in [-0.2, 0) is 30.4 Å². The van der Waals surface area contributed by atoms with Gasteiger partial charge >= 0.3 is 11.9 Å². The Morgan fingerprint density at radius 1 is 0.971 bits per heavy atom. The van der Waals surface area contributed by atoms with Crippen LogP contribution in [0.25, 0.3) is 0 Å². The van der Waals surface area contributed by atoms with Crippen molar-refractivity contribution in [3.63, 3.8) is 0 Å². The third-order valence-electron chi connectivity index (χ3n) is 5.53. The Morgan fingerprint density at radius 2 is 1.62 bits per heavy atom. The summed E-state index contributed by atoms with van der Waals surface area (Å²) in [6, 6.07) is 4.62. The molecule has 1 aliphatic rings. The molecule has 11 heteroatoms. The van der Waals surface area contributed by atoms with Crippen molar-refractivity contribution >= 4 is 29.7 Å². The zero-order valence-corrected chi connectivity index (χ0v) is 19.2. The van der Waals surface area contributed by atoms with Crippen LogP contribution in [-0.4, -0.2) is 70.6 Å². The van der Waals surface area contributed by atoms with E-state index in [2.05, 4.69) is 21.3 Å². The number of carbonyl (C=O) groups excluding carboxylic acids is 3. The molecule has 186 valence electrons. The van der Waals surface area contributed by atoms with E-state index in [4.69, 9.17) is 5.11 Å². The third-order valence-corrected chi connectivity index (χ3v) is 5.53. The van der Waals surface area contributed by atoms with Gasteiger partial charge in [0.25, 0.3) is 0 Å². The van der Waals surface area contributed by atoms with Gasteiger partial charge in [0, 0.05) is 6.42 Å². The molecule has 34 heavy (non-hydrogen) atoms. The van der Waals surface area contributed by atoms with Crippen LogP contribution in [0.5, 0.6) is 0 Å². The van der Waals surface area contributed by atoms with Gasteiger partial charge in [-0.05, 0) is 30.9 Å². The number of nitrogens with one attached hydrogen (secondary N) is 4. The predicted molar refractivity (Wildman–Crippen MR) is 122 cm³/mol. The molecule has 0 radical (unpaired) electrons. The first-order chi connectivity index (χ1) is 16.1. The number of carboxylic acid groups (broad SMARTS) is 2. The molecule has 3 amide bonds. The Morgan fingerprint density at radius 3 is 2.15 bits per heavy atom. The van der Waals surface area contributed by atoms with Gasteiger partial charge in [-0.1, -0.05) is 44.2 Å². The number of carboxylic acids is 2. The van der Waals surface area contributed by atoms with Crippen LogP contribution in [0.15, 0.2) is 30.3 Å². The molecule has 1 aliphatic heterocycles. The summed E-state index contributed by atoms with van der Waals surface area (Å²) in [5, 5.41) is 28.8. The van der Waals surface area contributed by atoms with E-state index in [-0.39, 0.29) is 24.3 Å². The number of hydrogen-bond acceptors (Lipinski definition) is 6. The Balaban J connectivity index is 2.18. The minimum atomic E-state index is -1.66. The van der Waals surface area contributed by atoms with E-state index in [0.29, 0.717) is 12.0 Å². The number of hydrogen-bond donors (Lipinski definition) is 6. The molecule has 1 aromatic rings.